The number of fused-ring (bicyclic) bond motifs is 1. The van der Waals surface area contributed by atoms with E-state index in [1.54, 1.807) is 0 Å². The summed E-state index contributed by atoms with van der Waals surface area (Å²) in [4.78, 5) is 29.9. The topological polar surface area (TPSA) is 52.6 Å². The largest absolute Gasteiger partial charge is 0.368 e. The number of anilines is 1. The second-order valence-corrected chi connectivity index (χ2v) is 10.3. The second kappa shape index (κ2) is 8.66. The van der Waals surface area contributed by atoms with Gasteiger partial charge in [-0.25, -0.2) is 9.97 Å². The summed E-state index contributed by atoms with van der Waals surface area (Å²) in [5.74, 6) is 0.637. The zero-order chi connectivity index (χ0) is 23.1. The number of piperazine rings is 1. The van der Waals surface area contributed by atoms with E-state index in [2.05, 4.69) is 52.0 Å². The predicted octanol–water partition coefficient (Wildman–Crippen LogP) is 3.89. The first-order valence-electron chi connectivity index (χ1n) is 12.6. The number of nitrogens with zero attached hydrogens (tertiary/aromatic N) is 5. The predicted molar refractivity (Wildman–Crippen MR) is 135 cm³/mol. The molecule has 2 aliphatic heterocycles. The lowest BCUT2D eigenvalue weighted by Crippen LogP contribution is -2.50. The lowest BCUT2D eigenvalue weighted by molar-refractivity contribution is -0.134. The maximum absolute atomic E-state index is 13.3. The van der Waals surface area contributed by atoms with Crippen LogP contribution in [0.4, 0.5) is 5.69 Å². The zero-order valence-corrected chi connectivity index (χ0v) is 20.0. The highest BCUT2D eigenvalue weighted by Crippen LogP contribution is 2.60. The number of piperidine rings is 1. The van der Waals surface area contributed by atoms with Crippen molar-refractivity contribution in [3.63, 3.8) is 0 Å². The molecular weight excluding hydrogens is 422 g/mol. The van der Waals surface area contributed by atoms with Crippen molar-refractivity contribution in [1.82, 2.24) is 19.8 Å². The first kappa shape index (κ1) is 21.5. The number of aromatic nitrogens is 2. The summed E-state index contributed by atoms with van der Waals surface area (Å²) in [7, 11) is 0. The Bertz CT molecular complexity index is 1180. The molecule has 6 rings (SSSR count). The number of rotatable bonds is 4. The third-order valence-corrected chi connectivity index (χ3v) is 8.27. The molecule has 0 radical (unpaired) electrons. The van der Waals surface area contributed by atoms with E-state index in [0.717, 1.165) is 87.5 Å². The highest BCUT2D eigenvalue weighted by atomic mass is 16.2. The average Bonchev–Trinajstić information content (AvgIpc) is 3.59. The van der Waals surface area contributed by atoms with Crippen molar-refractivity contribution in [3.05, 3.63) is 66.0 Å². The standard InChI is InChI=1S/C28H33N5O/c1-21-26(30-25-10-6-5-9-24(25)29-21)20-31-13-11-28(12-14-31)19-23(28)27(34)33-17-15-32(16-18-33)22-7-3-2-4-8-22/h2-10,23H,11-20H2,1H3. The molecule has 1 aliphatic carbocycles. The SMILES string of the molecule is Cc1nc2ccccc2nc1CN1CCC2(CC1)CC2C(=O)N1CCN(c2ccccc2)CC1. The summed E-state index contributed by atoms with van der Waals surface area (Å²) in [6.07, 6.45) is 3.31. The molecule has 3 fully saturated rings. The molecule has 6 nitrogen and oxygen atoms in total. The van der Waals surface area contributed by atoms with Crippen LogP contribution in [0.15, 0.2) is 54.6 Å². The van der Waals surface area contributed by atoms with Gasteiger partial charge in [0.1, 0.15) is 0 Å². The smallest absolute Gasteiger partial charge is 0.226 e. The lowest BCUT2D eigenvalue weighted by Gasteiger charge is -2.37. The summed E-state index contributed by atoms with van der Waals surface area (Å²) in [5, 5.41) is 0. The normalized spacial score (nSPS) is 22.3. The van der Waals surface area contributed by atoms with Crippen LogP contribution >= 0.6 is 0 Å². The van der Waals surface area contributed by atoms with Crippen LogP contribution in [-0.4, -0.2) is 64.9 Å². The number of carbonyl (C=O) groups is 1. The number of likely N-dealkylation sites (tertiary alicyclic amines) is 1. The van der Waals surface area contributed by atoms with Crippen molar-refractivity contribution in [2.75, 3.05) is 44.2 Å². The molecule has 34 heavy (non-hydrogen) atoms. The fourth-order valence-corrected chi connectivity index (χ4v) is 5.94. The molecular formula is C28H33N5O. The summed E-state index contributed by atoms with van der Waals surface area (Å²) < 4.78 is 0. The Labute approximate surface area is 201 Å². The lowest BCUT2D eigenvalue weighted by atomic mass is 9.90. The molecule has 0 N–H and O–H groups in total. The number of hydrogen-bond acceptors (Lipinski definition) is 5. The van der Waals surface area contributed by atoms with E-state index in [-0.39, 0.29) is 11.3 Å². The Morgan fingerprint density at radius 1 is 0.882 bits per heavy atom. The Morgan fingerprint density at radius 2 is 1.53 bits per heavy atom. The molecule has 2 aromatic carbocycles. The number of hydrogen-bond donors (Lipinski definition) is 0. The molecule has 3 aromatic rings. The van der Waals surface area contributed by atoms with Gasteiger partial charge in [-0.2, -0.15) is 0 Å². The van der Waals surface area contributed by atoms with Crippen LogP contribution in [-0.2, 0) is 11.3 Å². The van der Waals surface area contributed by atoms with E-state index in [1.807, 2.05) is 24.3 Å². The van der Waals surface area contributed by atoms with Gasteiger partial charge in [0.05, 0.1) is 22.4 Å². The molecule has 1 saturated carbocycles. The highest BCUT2D eigenvalue weighted by Gasteiger charge is 2.59. The highest BCUT2D eigenvalue weighted by molar-refractivity contribution is 5.83. The minimum atomic E-state index is 0.236. The number of carbonyl (C=O) groups excluding carboxylic acids is 1. The van der Waals surface area contributed by atoms with E-state index < -0.39 is 0 Å². The van der Waals surface area contributed by atoms with Crippen molar-refractivity contribution in [3.8, 4) is 0 Å². The summed E-state index contributed by atoms with van der Waals surface area (Å²) in [6, 6.07) is 18.6. The van der Waals surface area contributed by atoms with E-state index in [9.17, 15) is 4.79 Å². The van der Waals surface area contributed by atoms with Gasteiger partial charge in [0.2, 0.25) is 5.91 Å². The minimum Gasteiger partial charge on any atom is -0.368 e. The monoisotopic (exact) mass is 455 g/mol. The average molecular weight is 456 g/mol. The molecule has 176 valence electrons. The molecule has 1 atom stereocenters. The van der Waals surface area contributed by atoms with Crippen LogP contribution in [0.1, 0.15) is 30.7 Å². The molecule has 6 heteroatoms. The van der Waals surface area contributed by atoms with Crippen molar-refractivity contribution in [1.29, 1.82) is 0 Å². The Morgan fingerprint density at radius 3 is 2.24 bits per heavy atom. The number of aryl methyl sites for hydroxylation is 1. The first-order valence-corrected chi connectivity index (χ1v) is 12.6. The van der Waals surface area contributed by atoms with Crippen molar-refractivity contribution < 1.29 is 4.79 Å². The van der Waals surface area contributed by atoms with Crippen LogP contribution in [0.5, 0.6) is 0 Å². The van der Waals surface area contributed by atoms with Gasteiger partial charge >= 0.3 is 0 Å². The molecule has 1 aromatic heterocycles. The molecule has 3 aliphatic rings. The molecule has 1 spiro atoms. The second-order valence-electron chi connectivity index (χ2n) is 10.3. The Balaban J connectivity index is 1.02. The summed E-state index contributed by atoms with van der Waals surface area (Å²) in [6.45, 7) is 8.52. The number of para-hydroxylation sites is 3. The molecule has 0 bridgehead atoms. The quantitative estimate of drug-likeness (QED) is 0.598. The van der Waals surface area contributed by atoms with Crippen LogP contribution < -0.4 is 4.90 Å². The van der Waals surface area contributed by atoms with Gasteiger partial charge in [-0.05, 0) is 69.0 Å². The number of amides is 1. The van der Waals surface area contributed by atoms with Gasteiger partial charge < -0.3 is 9.80 Å². The van der Waals surface area contributed by atoms with Crippen LogP contribution in [0.3, 0.4) is 0 Å². The first-order chi connectivity index (χ1) is 16.6. The van der Waals surface area contributed by atoms with Crippen molar-refractivity contribution >= 4 is 22.6 Å². The van der Waals surface area contributed by atoms with Crippen LogP contribution in [0, 0.1) is 18.3 Å². The minimum absolute atomic E-state index is 0.236. The fourth-order valence-electron chi connectivity index (χ4n) is 5.94. The van der Waals surface area contributed by atoms with Crippen LogP contribution in [0.2, 0.25) is 0 Å². The van der Waals surface area contributed by atoms with Gasteiger partial charge in [-0.3, -0.25) is 9.69 Å². The third-order valence-electron chi connectivity index (χ3n) is 8.27. The van der Waals surface area contributed by atoms with E-state index >= 15 is 0 Å². The van der Waals surface area contributed by atoms with Crippen molar-refractivity contribution in [2.45, 2.75) is 32.7 Å². The van der Waals surface area contributed by atoms with Crippen LogP contribution in [0.25, 0.3) is 11.0 Å². The zero-order valence-electron chi connectivity index (χ0n) is 20.0. The van der Waals surface area contributed by atoms with Crippen molar-refractivity contribution in [2.24, 2.45) is 11.3 Å². The van der Waals surface area contributed by atoms with Gasteiger partial charge in [0, 0.05) is 44.3 Å². The van der Waals surface area contributed by atoms with Gasteiger partial charge in [-0.15, -0.1) is 0 Å². The maximum Gasteiger partial charge on any atom is 0.226 e. The Kier molecular flexibility index (Phi) is 5.48. The molecule has 2 saturated heterocycles. The summed E-state index contributed by atoms with van der Waals surface area (Å²) in [5.41, 5.74) is 5.54. The molecule has 1 amide bonds. The van der Waals surface area contributed by atoms with Gasteiger partial charge in [0.15, 0.2) is 0 Å². The van der Waals surface area contributed by atoms with E-state index in [0.29, 0.717) is 5.91 Å². The fraction of sp³-hybridized carbons (Fsp3) is 0.464. The third kappa shape index (κ3) is 4.05. The molecule has 1 unspecified atom stereocenters. The van der Waals surface area contributed by atoms with Gasteiger partial charge in [-0.1, -0.05) is 30.3 Å². The molecule has 3 heterocycles. The van der Waals surface area contributed by atoms with Gasteiger partial charge in [0.25, 0.3) is 0 Å². The van der Waals surface area contributed by atoms with E-state index in [4.69, 9.17) is 9.97 Å². The maximum atomic E-state index is 13.3. The van der Waals surface area contributed by atoms with E-state index in [1.165, 1.54) is 5.69 Å². The Hall–Kier alpha value is -2.99. The number of benzene rings is 2. The summed E-state index contributed by atoms with van der Waals surface area (Å²) >= 11 is 0.